The predicted octanol–water partition coefficient (Wildman–Crippen LogP) is 3.14. The zero-order valence-corrected chi connectivity index (χ0v) is 13.6. The summed E-state index contributed by atoms with van der Waals surface area (Å²) < 4.78 is 0. The number of thiocarbonyl (C=S) groups is 1. The van der Waals surface area contributed by atoms with Crippen molar-refractivity contribution in [3.05, 3.63) is 35.9 Å². The van der Waals surface area contributed by atoms with Crippen LogP contribution in [0.4, 0.5) is 0 Å². The van der Waals surface area contributed by atoms with Crippen molar-refractivity contribution in [2.45, 2.75) is 51.5 Å². The Morgan fingerprint density at radius 3 is 2.38 bits per heavy atom. The molecule has 2 rings (SSSR count). The number of rotatable bonds is 4. The lowest BCUT2D eigenvalue weighted by Gasteiger charge is -2.35. The number of amides is 1. The van der Waals surface area contributed by atoms with Crippen molar-refractivity contribution in [2.75, 3.05) is 0 Å². The molecule has 1 aliphatic carbocycles. The molecule has 4 heteroatoms. The first kappa shape index (κ1) is 16.0. The van der Waals surface area contributed by atoms with E-state index < -0.39 is 5.92 Å². The predicted molar refractivity (Wildman–Crippen MR) is 90.1 cm³/mol. The van der Waals surface area contributed by atoms with Crippen LogP contribution in [0.15, 0.2) is 30.3 Å². The van der Waals surface area contributed by atoms with Gasteiger partial charge < -0.3 is 11.1 Å². The van der Waals surface area contributed by atoms with E-state index >= 15 is 0 Å². The fraction of sp³-hybridized carbons (Fsp3) is 0.529. The first-order chi connectivity index (χ1) is 9.89. The third-order valence-corrected chi connectivity index (χ3v) is 4.60. The maximum atomic E-state index is 12.5. The number of nitrogens with one attached hydrogen (secondary N) is 1. The third-order valence-electron chi connectivity index (χ3n) is 4.37. The van der Waals surface area contributed by atoms with Gasteiger partial charge in [0.1, 0.15) is 5.92 Å². The Bertz CT molecular complexity index is 503. The molecule has 3 N–H and O–H groups in total. The van der Waals surface area contributed by atoms with E-state index in [9.17, 15) is 4.79 Å². The van der Waals surface area contributed by atoms with E-state index in [1.54, 1.807) is 0 Å². The molecule has 1 amide bonds. The van der Waals surface area contributed by atoms with Crippen molar-refractivity contribution in [3.8, 4) is 0 Å². The second kappa shape index (κ2) is 6.56. The second-order valence-electron chi connectivity index (χ2n) is 6.69. The van der Waals surface area contributed by atoms with Gasteiger partial charge in [0.15, 0.2) is 0 Å². The quantitative estimate of drug-likeness (QED) is 0.840. The highest BCUT2D eigenvalue weighted by Gasteiger charge is 2.30. The lowest BCUT2D eigenvalue weighted by Crippen LogP contribution is -2.44. The topological polar surface area (TPSA) is 55.1 Å². The van der Waals surface area contributed by atoms with Gasteiger partial charge in [0, 0.05) is 6.04 Å². The number of carbonyl (C=O) groups is 1. The zero-order chi connectivity index (χ0) is 15.5. The Morgan fingerprint density at radius 2 is 1.86 bits per heavy atom. The van der Waals surface area contributed by atoms with Gasteiger partial charge in [-0.3, -0.25) is 4.79 Å². The molecule has 1 saturated carbocycles. The third kappa shape index (κ3) is 4.27. The van der Waals surface area contributed by atoms with E-state index in [-0.39, 0.29) is 16.9 Å². The average Bonchev–Trinajstić information content (AvgIpc) is 2.42. The summed E-state index contributed by atoms with van der Waals surface area (Å²) in [5.74, 6) is -0.602. The Balaban J connectivity index is 2.02. The Labute approximate surface area is 132 Å². The normalized spacial score (nSPS) is 19.7. The SMILES string of the molecule is CC1(C)CCC(NC(=O)C(C(N)=S)c2ccccc2)CC1. The van der Waals surface area contributed by atoms with Gasteiger partial charge in [0.05, 0.1) is 4.99 Å². The van der Waals surface area contributed by atoms with Gasteiger partial charge in [0.25, 0.3) is 0 Å². The van der Waals surface area contributed by atoms with Crippen molar-refractivity contribution >= 4 is 23.1 Å². The van der Waals surface area contributed by atoms with Gasteiger partial charge >= 0.3 is 0 Å². The van der Waals surface area contributed by atoms with E-state index in [4.69, 9.17) is 18.0 Å². The lowest BCUT2D eigenvalue weighted by molar-refractivity contribution is -0.122. The van der Waals surface area contributed by atoms with Gasteiger partial charge in [-0.15, -0.1) is 0 Å². The monoisotopic (exact) mass is 304 g/mol. The minimum atomic E-state index is -0.531. The molecule has 0 saturated heterocycles. The van der Waals surface area contributed by atoms with Crippen molar-refractivity contribution < 1.29 is 4.79 Å². The Morgan fingerprint density at radius 1 is 1.29 bits per heavy atom. The van der Waals surface area contributed by atoms with Crippen LogP contribution in [0.1, 0.15) is 51.0 Å². The summed E-state index contributed by atoms with van der Waals surface area (Å²) >= 11 is 5.10. The molecule has 1 atom stereocenters. The van der Waals surface area contributed by atoms with Crippen LogP contribution in [0.3, 0.4) is 0 Å². The average molecular weight is 304 g/mol. The van der Waals surface area contributed by atoms with E-state index in [2.05, 4.69) is 19.2 Å². The maximum Gasteiger partial charge on any atom is 0.234 e. The summed E-state index contributed by atoms with van der Waals surface area (Å²) in [4.78, 5) is 12.8. The molecule has 1 aromatic rings. The molecule has 0 aromatic heterocycles. The van der Waals surface area contributed by atoms with Crippen molar-refractivity contribution in [2.24, 2.45) is 11.1 Å². The van der Waals surface area contributed by atoms with Crippen molar-refractivity contribution in [1.82, 2.24) is 5.32 Å². The van der Waals surface area contributed by atoms with Crippen molar-refractivity contribution in [1.29, 1.82) is 0 Å². The number of hydrogen-bond acceptors (Lipinski definition) is 2. The zero-order valence-electron chi connectivity index (χ0n) is 12.8. The molecule has 1 unspecified atom stereocenters. The molecule has 0 bridgehead atoms. The van der Waals surface area contributed by atoms with Crippen LogP contribution in [0.2, 0.25) is 0 Å². The van der Waals surface area contributed by atoms with Crippen LogP contribution < -0.4 is 11.1 Å². The molecule has 1 aliphatic rings. The second-order valence-corrected chi connectivity index (χ2v) is 7.16. The number of hydrogen-bond donors (Lipinski definition) is 2. The standard InChI is InChI=1S/C17H24N2OS/c1-17(2)10-8-13(9-11-17)19-16(20)14(15(18)21)12-6-4-3-5-7-12/h3-7,13-14H,8-11H2,1-2H3,(H2,18,21)(H,19,20). The van der Waals surface area contributed by atoms with E-state index in [0.29, 0.717) is 5.41 Å². The Kier molecular flexibility index (Phi) is 4.99. The van der Waals surface area contributed by atoms with Crippen LogP contribution in [-0.2, 0) is 4.79 Å². The van der Waals surface area contributed by atoms with Gasteiger partial charge in [-0.05, 0) is 36.7 Å². The summed E-state index contributed by atoms with van der Waals surface area (Å²) in [6.07, 6.45) is 4.33. The number of nitrogens with two attached hydrogens (primary N) is 1. The molecule has 1 fully saturated rings. The lowest BCUT2D eigenvalue weighted by atomic mass is 9.75. The summed E-state index contributed by atoms with van der Waals surface area (Å²) in [5, 5.41) is 3.13. The summed E-state index contributed by atoms with van der Waals surface area (Å²) in [7, 11) is 0. The minimum absolute atomic E-state index is 0.0709. The molecule has 3 nitrogen and oxygen atoms in total. The first-order valence-corrected chi connectivity index (χ1v) is 7.94. The molecular formula is C17H24N2OS. The van der Waals surface area contributed by atoms with Gasteiger partial charge in [-0.25, -0.2) is 0 Å². The van der Waals surface area contributed by atoms with Crippen LogP contribution in [0.25, 0.3) is 0 Å². The van der Waals surface area contributed by atoms with Gasteiger partial charge in [0.2, 0.25) is 5.91 Å². The molecule has 0 aliphatic heterocycles. The van der Waals surface area contributed by atoms with Crippen LogP contribution in [0, 0.1) is 5.41 Å². The molecule has 1 aromatic carbocycles. The van der Waals surface area contributed by atoms with Crippen LogP contribution >= 0.6 is 12.2 Å². The molecule has 0 spiro atoms. The Hall–Kier alpha value is -1.42. The smallest absolute Gasteiger partial charge is 0.234 e. The summed E-state index contributed by atoms with van der Waals surface area (Å²) in [6, 6.07) is 9.75. The fourth-order valence-corrected chi connectivity index (χ4v) is 3.16. The minimum Gasteiger partial charge on any atom is -0.392 e. The molecular weight excluding hydrogens is 280 g/mol. The van der Waals surface area contributed by atoms with E-state index in [1.165, 1.54) is 0 Å². The van der Waals surface area contributed by atoms with E-state index in [0.717, 1.165) is 31.2 Å². The summed E-state index contributed by atoms with van der Waals surface area (Å²) in [6.45, 7) is 4.57. The van der Waals surface area contributed by atoms with Crippen LogP contribution in [0.5, 0.6) is 0 Å². The summed E-state index contributed by atoms with van der Waals surface area (Å²) in [5.41, 5.74) is 7.04. The maximum absolute atomic E-state index is 12.5. The number of benzene rings is 1. The largest absolute Gasteiger partial charge is 0.392 e. The molecule has 0 heterocycles. The van der Waals surface area contributed by atoms with Crippen LogP contribution in [-0.4, -0.2) is 16.9 Å². The number of carbonyl (C=O) groups excluding carboxylic acids is 1. The molecule has 114 valence electrons. The highest BCUT2D eigenvalue weighted by Crippen LogP contribution is 2.35. The molecule has 0 radical (unpaired) electrons. The van der Waals surface area contributed by atoms with Gasteiger partial charge in [-0.1, -0.05) is 56.4 Å². The van der Waals surface area contributed by atoms with E-state index in [1.807, 2.05) is 30.3 Å². The van der Waals surface area contributed by atoms with Gasteiger partial charge in [-0.2, -0.15) is 0 Å². The highest BCUT2D eigenvalue weighted by molar-refractivity contribution is 7.80. The molecule has 21 heavy (non-hydrogen) atoms. The first-order valence-electron chi connectivity index (χ1n) is 7.54. The fourth-order valence-electron chi connectivity index (χ4n) is 2.92. The highest BCUT2D eigenvalue weighted by atomic mass is 32.1. The van der Waals surface area contributed by atoms with Crippen molar-refractivity contribution in [3.63, 3.8) is 0 Å².